The summed E-state index contributed by atoms with van der Waals surface area (Å²) < 4.78 is 0. The largest absolute Gasteiger partial charge is 0.274 e. The normalized spacial score (nSPS) is 10.1. The molecule has 14 heavy (non-hydrogen) atoms. The smallest absolute Gasteiger partial charge is 0.243 e. The zero-order valence-electron chi connectivity index (χ0n) is 9.47. The number of rotatable bonds is 9. The lowest BCUT2D eigenvalue weighted by Gasteiger charge is -2.04. The first-order valence-corrected chi connectivity index (χ1v) is 5.71. The molecule has 84 valence electrons. The van der Waals surface area contributed by atoms with E-state index in [4.69, 9.17) is 4.84 Å². The molecule has 0 aromatic heterocycles. The van der Waals surface area contributed by atoms with Crippen LogP contribution >= 0.6 is 0 Å². The molecule has 0 saturated carbocycles. The fraction of sp³-hybridized carbons (Fsp3) is 0.909. The van der Waals surface area contributed by atoms with Gasteiger partial charge in [-0.3, -0.25) is 9.63 Å². The first-order valence-electron chi connectivity index (χ1n) is 5.71. The lowest BCUT2D eigenvalue weighted by Crippen LogP contribution is -2.23. The molecule has 0 radical (unpaired) electrons. The number of unbranched alkanes of at least 4 members (excludes halogenated alkanes) is 4. The molecule has 0 spiro atoms. The van der Waals surface area contributed by atoms with Crippen molar-refractivity contribution in [2.45, 2.75) is 58.8 Å². The highest BCUT2D eigenvalue weighted by Crippen LogP contribution is 2.04. The van der Waals surface area contributed by atoms with Crippen molar-refractivity contribution in [1.29, 1.82) is 0 Å². The van der Waals surface area contributed by atoms with Crippen molar-refractivity contribution in [2.24, 2.45) is 0 Å². The van der Waals surface area contributed by atoms with Gasteiger partial charge in [0.1, 0.15) is 0 Å². The topological polar surface area (TPSA) is 38.3 Å². The summed E-state index contributed by atoms with van der Waals surface area (Å²) in [5.41, 5.74) is 2.44. The lowest BCUT2D eigenvalue weighted by molar-refractivity contribution is -0.133. The predicted octanol–water partition coefficient (Wildman–Crippen LogP) is 2.80. The highest BCUT2D eigenvalue weighted by molar-refractivity contribution is 5.74. The van der Waals surface area contributed by atoms with E-state index < -0.39 is 0 Å². The van der Waals surface area contributed by atoms with E-state index in [1.807, 2.05) is 6.92 Å². The van der Waals surface area contributed by atoms with Crippen molar-refractivity contribution in [2.75, 3.05) is 6.61 Å². The van der Waals surface area contributed by atoms with Gasteiger partial charge in [-0.05, 0) is 12.8 Å². The van der Waals surface area contributed by atoms with Gasteiger partial charge < -0.3 is 0 Å². The molecule has 0 atom stereocenters. The second kappa shape index (κ2) is 10.5. The van der Waals surface area contributed by atoms with Gasteiger partial charge in [0, 0.05) is 6.42 Å². The molecule has 0 heterocycles. The Morgan fingerprint density at radius 1 is 1.07 bits per heavy atom. The second-order valence-corrected chi connectivity index (χ2v) is 3.54. The fourth-order valence-corrected chi connectivity index (χ4v) is 1.17. The van der Waals surface area contributed by atoms with E-state index in [1.54, 1.807) is 0 Å². The molecule has 0 aromatic carbocycles. The first-order chi connectivity index (χ1) is 6.81. The fourth-order valence-electron chi connectivity index (χ4n) is 1.17. The highest BCUT2D eigenvalue weighted by atomic mass is 16.6. The van der Waals surface area contributed by atoms with Gasteiger partial charge in [-0.25, -0.2) is 5.48 Å². The summed E-state index contributed by atoms with van der Waals surface area (Å²) in [5, 5.41) is 0. The zero-order chi connectivity index (χ0) is 10.6. The Balaban J connectivity index is 3.10. The van der Waals surface area contributed by atoms with Gasteiger partial charge in [-0.15, -0.1) is 0 Å². The molecule has 0 bridgehead atoms. The van der Waals surface area contributed by atoms with Crippen LogP contribution in [0.4, 0.5) is 0 Å². The standard InChI is InChI=1S/C11H23NO2/c1-3-5-6-7-8-9-11(13)12-14-10-4-2/h3-10H2,1-2H3,(H,12,13). The molecular weight excluding hydrogens is 178 g/mol. The quantitative estimate of drug-likeness (QED) is 0.460. The first kappa shape index (κ1) is 13.4. The molecule has 3 heteroatoms. The third-order valence-corrected chi connectivity index (χ3v) is 2.00. The van der Waals surface area contributed by atoms with Crippen LogP contribution in [-0.4, -0.2) is 12.5 Å². The summed E-state index contributed by atoms with van der Waals surface area (Å²) in [6.45, 7) is 4.80. The van der Waals surface area contributed by atoms with Gasteiger partial charge in [0.15, 0.2) is 0 Å². The number of hydrogen-bond acceptors (Lipinski definition) is 2. The highest BCUT2D eigenvalue weighted by Gasteiger charge is 1.99. The molecule has 3 nitrogen and oxygen atoms in total. The van der Waals surface area contributed by atoms with Gasteiger partial charge in [-0.2, -0.15) is 0 Å². The number of nitrogens with one attached hydrogen (secondary N) is 1. The molecule has 1 N–H and O–H groups in total. The Labute approximate surface area is 87.2 Å². The lowest BCUT2D eigenvalue weighted by atomic mass is 10.1. The van der Waals surface area contributed by atoms with E-state index in [1.165, 1.54) is 19.3 Å². The van der Waals surface area contributed by atoms with Gasteiger partial charge in [0.25, 0.3) is 0 Å². The number of carbonyl (C=O) groups is 1. The second-order valence-electron chi connectivity index (χ2n) is 3.54. The van der Waals surface area contributed by atoms with Crippen LogP contribution in [0.1, 0.15) is 58.8 Å². The molecule has 0 unspecified atom stereocenters. The van der Waals surface area contributed by atoms with Crippen LogP contribution in [0, 0.1) is 0 Å². The van der Waals surface area contributed by atoms with E-state index in [-0.39, 0.29) is 5.91 Å². The Morgan fingerprint density at radius 2 is 1.79 bits per heavy atom. The maximum absolute atomic E-state index is 11.1. The maximum atomic E-state index is 11.1. The molecule has 0 aromatic rings. The van der Waals surface area contributed by atoms with E-state index in [2.05, 4.69) is 12.4 Å². The molecule has 0 aliphatic heterocycles. The Morgan fingerprint density at radius 3 is 2.43 bits per heavy atom. The van der Waals surface area contributed by atoms with Gasteiger partial charge >= 0.3 is 0 Å². The van der Waals surface area contributed by atoms with Crippen LogP contribution in [0.3, 0.4) is 0 Å². The van der Waals surface area contributed by atoms with Crippen LogP contribution in [0.2, 0.25) is 0 Å². The molecule has 1 amide bonds. The van der Waals surface area contributed by atoms with Crippen molar-refractivity contribution >= 4 is 5.91 Å². The van der Waals surface area contributed by atoms with Crippen LogP contribution in [0.5, 0.6) is 0 Å². The summed E-state index contributed by atoms with van der Waals surface area (Å²) in [4.78, 5) is 16.0. The zero-order valence-corrected chi connectivity index (χ0v) is 9.47. The Hall–Kier alpha value is -0.570. The number of amides is 1. The van der Waals surface area contributed by atoms with Crippen molar-refractivity contribution in [1.82, 2.24) is 5.48 Å². The summed E-state index contributed by atoms with van der Waals surface area (Å²) in [5.74, 6) is 0.00921. The molecular formula is C11H23NO2. The monoisotopic (exact) mass is 201 g/mol. The summed E-state index contributed by atoms with van der Waals surface area (Å²) in [6, 6.07) is 0. The minimum atomic E-state index is 0.00921. The van der Waals surface area contributed by atoms with Crippen molar-refractivity contribution in [3.8, 4) is 0 Å². The van der Waals surface area contributed by atoms with Gasteiger partial charge in [-0.1, -0.05) is 39.5 Å². The maximum Gasteiger partial charge on any atom is 0.243 e. The third kappa shape index (κ3) is 9.52. The van der Waals surface area contributed by atoms with Crippen LogP contribution < -0.4 is 5.48 Å². The molecule has 0 rings (SSSR count). The Bertz CT molecular complexity index is 137. The predicted molar refractivity (Wildman–Crippen MR) is 57.8 cm³/mol. The molecule has 0 saturated heterocycles. The number of hydroxylamine groups is 1. The minimum absolute atomic E-state index is 0.00921. The van der Waals surface area contributed by atoms with E-state index >= 15 is 0 Å². The van der Waals surface area contributed by atoms with E-state index in [0.717, 1.165) is 19.3 Å². The minimum Gasteiger partial charge on any atom is -0.274 e. The summed E-state index contributed by atoms with van der Waals surface area (Å²) in [6.07, 6.45) is 7.39. The van der Waals surface area contributed by atoms with Crippen molar-refractivity contribution in [3.63, 3.8) is 0 Å². The van der Waals surface area contributed by atoms with Gasteiger partial charge in [0.05, 0.1) is 6.61 Å². The van der Waals surface area contributed by atoms with E-state index in [0.29, 0.717) is 13.0 Å². The van der Waals surface area contributed by atoms with E-state index in [9.17, 15) is 4.79 Å². The Kier molecular flexibility index (Phi) is 10.1. The molecule has 0 aliphatic carbocycles. The number of hydrogen-bond donors (Lipinski definition) is 1. The molecule has 0 fully saturated rings. The average molecular weight is 201 g/mol. The van der Waals surface area contributed by atoms with Crippen molar-refractivity contribution < 1.29 is 9.63 Å². The molecule has 0 aliphatic rings. The SMILES string of the molecule is CCCCCCCC(=O)NOCCC. The van der Waals surface area contributed by atoms with Crippen LogP contribution in [-0.2, 0) is 9.63 Å². The average Bonchev–Trinajstić information content (AvgIpc) is 2.18. The number of carbonyl (C=O) groups excluding carboxylic acids is 1. The third-order valence-electron chi connectivity index (χ3n) is 2.00. The van der Waals surface area contributed by atoms with Gasteiger partial charge in [0.2, 0.25) is 5.91 Å². The summed E-state index contributed by atoms with van der Waals surface area (Å²) >= 11 is 0. The van der Waals surface area contributed by atoms with Crippen LogP contribution in [0.25, 0.3) is 0 Å². The van der Waals surface area contributed by atoms with Crippen molar-refractivity contribution in [3.05, 3.63) is 0 Å². The summed E-state index contributed by atoms with van der Waals surface area (Å²) in [7, 11) is 0. The van der Waals surface area contributed by atoms with Crippen LogP contribution in [0.15, 0.2) is 0 Å².